The Morgan fingerprint density at radius 1 is 0.938 bits per heavy atom. The van der Waals surface area contributed by atoms with Crippen molar-refractivity contribution in [1.29, 1.82) is 5.26 Å². The number of aryl methyl sites for hydroxylation is 1. The van der Waals surface area contributed by atoms with Crippen molar-refractivity contribution in [1.82, 2.24) is 4.98 Å². The van der Waals surface area contributed by atoms with Crippen LogP contribution >= 0.6 is 0 Å². The zero-order valence-electron chi connectivity index (χ0n) is 17.0. The van der Waals surface area contributed by atoms with Gasteiger partial charge in [-0.2, -0.15) is 5.26 Å². The molecule has 0 atom stereocenters. The van der Waals surface area contributed by atoms with Crippen LogP contribution in [-0.4, -0.2) is 19.4 Å². The summed E-state index contributed by atoms with van der Waals surface area (Å²) in [5.74, 6) is 0. The highest BCUT2D eigenvalue weighted by Crippen LogP contribution is 2.30. The first-order valence-electron chi connectivity index (χ1n) is 9.64. The second-order valence-electron chi connectivity index (χ2n) is 7.07. The normalized spacial score (nSPS) is 11.0. The molecule has 1 aromatic heterocycles. The molecule has 0 aliphatic rings. The summed E-state index contributed by atoms with van der Waals surface area (Å²) in [6.45, 7) is 1.86. The van der Waals surface area contributed by atoms with Crippen molar-refractivity contribution in [2.24, 2.45) is 0 Å². The summed E-state index contributed by atoms with van der Waals surface area (Å²) in [5.41, 5.74) is 3.28. The molecular weight excluding hydrogens is 426 g/mol. The van der Waals surface area contributed by atoms with Crippen LogP contribution in [0.15, 0.2) is 77.8 Å². The third kappa shape index (κ3) is 4.26. The van der Waals surface area contributed by atoms with E-state index in [1.165, 1.54) is 24.3 Å². The van der Waals surface area contributed by atoms with Crippen LogP contribution in [0.2, 0.25) is 0 Å². The van der Waals surface area contributed by atoms with Crippen LogP contribution in [-0.2, 0) is 10.0 Å². The number of benzene rings is 3. The number of anilines is 3. The average molecular weight is 446 g/mol. The lowest BCUT2D eigenvalue weighted by atomic mass is 10.1. The molecule has 32 heavy (non-hydrogen) atoms. The van der Waals surface area contributed by atoms with Gasteiger partial charge in [-0.25, -0.2) is 13.2 Å². The number of hydrogen-bond donors (Lipinski definition) is 4. The molecule has 8 nitrogen and oxygen atoms in total. The van der Waals surface area contributed by atoms with E-state index in [2.05, 4.69) is 26.4 Å². The van der Waals surface area contributed by atoms with Gasteiger partial charge in [0.15, 0.2) is 0 Å². The molecule has 0 aliphatic heterocycles. The Labute approximate surface area is 184 Å². The second kappa shape index (κ2) is 8.45. The van der Waals surface area contributed by atoms with E-state index < -0.39 is 16.1 Å². The number of aromatic amines is 1. The topological polar surface area (TPSA) is 127 Å². The van der Waals surface area contributed by atoms with Gasteiger partial charge in [0.25, 0.3) is 10.0 Å². The maximum Gasteiger partial charge on any atom is 0.323 e. The molecule has 4 rings (SSSR count). The minimum Gasteiger partial charge on any atom is -0.358 e. The highest BCUT2D eigenvalue weighted by atomic mass is 32.2. The summed E-state index contributed by atoms with van der Waals surface area (Å²) in [7, 11) is -3.89. The van der Waals surface area contributed by atoms with Crippen LogP contribution in [0.3, 0.4) is 0 Å². The van der Waals surface area contributed by atoms with Gasteiger partial charge >= 0.3 is 6.03 Å². The number of nitriles is 1. The zero-order valence-corrected chi connectivity index (χ0v) is 17.8. The van der Waals surface area contributed by atoms with E-state index in [9.17, 15) is 18.5 Å². The lowest BCUT2D eigenvalue weighted by Crippen LogP contribution is -2.19. The number of amides is 2. The Morgan fingerprint density at radius 3 is 2.25 bits per heavy atom. The van der Waals surface area contributed by atoms with E-state index in [0.717, 1.165) is 5.56 Å². The molecule has 0 saturated heterocycles. The molecule has 0 bridgehead atoms. The lowest BCUT2D eigenvalue weighted by Gasteiger charge is -2.11. The SMILES string of the molecule is Cc1ccc(NS(=O)(=O)c2ccc(NC(=O)Nc3ccccc3)cc2)c2[nH]cc(C#N)c12. The van der Waals surface area contributed by atoms with E-state index in [0.29, 0.717) is 33.5 Å². The van der Waals surface area contributed by atoms with Crippen LogP contribution in [0.1, 0.15) is 11.1 Å². The van der Waals surface area contributed by atoms with Gasteiger partial charge < -0.3 is 15.6 Å². The summed E-state index contributed by atoms with van der Waals surface area (Å²) < 4.78 is 28.4. The fourth-order valence-corrected chi connectivity index (χ4v) is 4.40. The lowest BCUT2D eigenvalue weighted by molar-refractivity contribution is 0.262. The minimum absolute atomic E-state index is 0.0345. The number of hydrogen-bond acceptors (Lipinski definition) is 4. The molecule has 4 aromatic rings. The van der Waals surface area contributed by atoms with Gasteiger partial charge in [0, 0.05) is 23.0 Å². The van der Waals surface area contributed by atoms with Gasteiger partial charge in [-0.15, -0.1) is 0 Å². The van der Waals surface area contributed by atoms with Gasteiger partial charge in [-0.1, -0.05) is 24.3 Å². The standard InChI is InChI=1S/C23H19N5O3S/c1-15-7-12-20(22-21(15)16(13-24)14-25-22)28-32(30,31)19-10-8-18(9-11-19)27-23(29)26-17-5-3-2-4-6-17/h2-12,14,25,28H,1H3,(H2,26,27,29). The van der Waals surface area contributed by atoms with Crippen LogP contribution in [0.4, 0.5) is 21.9 Å². The molecule has 0 radical (unpaired) electrons. The average Bonchev–Trinajstić information content (AvgIpc) is 3.22. The van der Waals surface area contributed by atoms with Crippen molar-refractivity contribution in [3.63, 3.8) is 0 Å². The molecule has 2 amide bonds. The van der Waals surface area contributed by atoms with E-state index in [-0.39, 0.29) is 4.90 Å². The van der Waals surface area contributed by atoms with Gasteiger partial charge in [0.1, 0.15) is 6.07 Å². The number of nitrogens with one attached hydrogen (secondary N) is 4. The maximum atomic E-state index is 12.9. The van der Waals surface area contributed by atoms with E-state index in [4.69, 9.17) is 0 Å². The molecule has 1 heterocycles. The summed E-state index contributed by atoms with van der Waals surface area (Å²) in [5, 5.41) is 15.3. The molecule has 0 aliphatic carbocycles. The monoisotopic (exact) mass is 445 g/mol. The number of para-hydroxylation sites is 1. The van der Waals surface area contributed by atoms with Gasteiger partial charge in [0.2, 0.25) is 0 Å². The number of H-pyrrole nitrogens is 1. The Kier molecular flexibility index (Phi) is 5.54. The predicted octanol–water partition coefficient (Wildman–Crippen LogP) is 4.79. The number of nitrogens with zero attached hydrogens (tertiary/aromatic N) is 1. The summed E-state index contributed by atoms with van der Waals surface area (Å²) >= 11 is 0. The van der Waals surface area contributed by atoms with Crippen LogP contribution in [0.5, 0.6) is 0 Å². The minimum atomic E-state index is -3.89. The molecule has 3 aromatic carbocycles. The summed E-state index contributed by atoms with van der Waals surface area (Å²) in [6, 6.07) is 19.9. The van der Waals surface area contributed by atoms with Gasteiger partial charge in [0.05, 0.1) is 21.7 Å². The Hall–Kier alpha value is -4.29. The first-order valence-corrected chi connectivity index (χ1v) is 11.1. The second-order valence-corrected chi connectivity index (χ2v) is 8.75. The van der Waals surface area contributed by atoms with Crippen molar-refractivity contribution < 1.29 is 13.2 Å². The molecule has 9 heteroatoms. The Bertz CT molecular complexity index is 1440. The molecule has 4 N–H and O–H groups in total. The molecule has 0 spiro atoms. The number of aromatic nitrogens is 1. The predicted molar refractivity (Wildman–Crippen MR) is 124 cm³/mol. The third-order valence-electron chi connectivity index (χ3n) is 4.86. The van der Waals surface area contributed by atoms with Crippen LogP contribution in [0, 0.1) is 18.3 Å². The van der Waals surface area contributed by atoms with E-state index >= 15 is 0 Å². The summed E-state index contributed by atoms with van der Waals surface area (Å²) in [4.78, 5) is 15.1. The number of rotatable bonds is 5. The third-order valence-corrected chi connectivity index (χ3v) is 6.24. The van der Waals surface area contributed by atoms with E-state index in [1.807, 2.05) is 13.0 Å². The summed E-state index contributed by atoms with van der Waals surface area (Å²) in [6.07, 6.45) is 1.55. The Balaban J connectivity index is 1.51. The van der Waals surface area contributed by atoms with Crippen molar-refractivity contribution in [3.05, 3.63) is 84.1 Å². The molecule has 0 unspecified atom stereocenters. The Morgan fingerprint density at radius 2 is 1.59 bits per heavy atom. The quantitative estimate of drug-likeness (QED) is 0.352. The van der Waals surface area contributed by atoms with Crippen LogP contribution < -0.4 is 15.4 Å². The molecule has 0 saturated carbocycles. The van der Waals surface area contributed by atoms with Crippen molar-refractivity contribution >= 4 is 44.0 Å². The van der Waals surface area contributed by atoms with Crippen molar-refractivity contribution in [3.8, 4) is 6.07 Å². The number of urea groups is 1. The molecular formula is C23H19N5O3S. The largest absolute Gasteiger partial charge is 0.358 e. The van der Waals surface area contributed by atoms with Gasteiger partial charge in [-0.05, 0) is 55.0 Å². The highest BCUT2D eigenvalue weighted by Gasteiger charge is 2.18. The first-order chi connectivity index (χ1) is 15.4. The fraction of sp³-hybridized carbons (Fsp3) is 0.0435. The molecule has 0 fully saturated rings. The van der Waals surface area contributed by atoms with E-state index in [1.54, 1.807) is 42.6 Å². The van der Waals surface area contributed by atoms with Crippen molar-refractivity contribution in [2.75, 3.05) is 15.4 Å². The number of fused-ring (bicyclic) bond motifs is 1. The number of carbonyl (C=O) groups is 1. The zero-order chi connectivity index (χ0) is 22.7. The smallest absolute Gasteiger partial charge is 0.323 e. The highest BCUT2D eigenvalue weighted by molar-refractivity contribution is 7.92. The van der Waals surface area contributed by atoms with Gasteiger partial charge in [-0.3, -0.25) is 4.72 Å². The van der Waals surface area contributed by atoms with Crippen LogP contribution in [0.25, 0.3) is 10.9 Å². The number of sulfonamides is 1. The first kappa shape index (κ1) is 21.0. The number of carbonyl (C=O) groups excluding carboxylic acids is 1. The maximum absolute atomic E-state index is 12.9. The fourth-order valence-electron chi connectivity index (χ4n) is 3.33. The molecule has 160 valence electrons. The van der Waals surface area contributed by atoms with Crippen molar-refractivity contribution in [2.45, 2.75) is 11.8 Å².